The van der Waals surface area contributed by atoms with Gasteiger partial charge in [0.15, 0.2) is 0 Å². The first-order chi connectivity index (χ1) is 12.6. The Labute approximate surface area is 152 Å². The maximum Gasteiger partial charge on any atom is 0.122 e. The summed E-state index contributed by atoms with van der Waals surface area (Å²) in [5.74, 6) is 1.53. The van der Waals surface area contributed by atoms with E-state index in [2.05, 4.69) is 0 Å². The topological polar surface area (TPSA) is 118 Å². The van der Waals surface area contributed by atoms with Gasteiger partial charge in [0, 0.05) is 11.1 Å². The second-order valence-electron chi connectivity index (χ2n) is 5.35. The highest BCUT2D eigenvalue weighted by Gasteiger charge is 1.97. The third-order valence-corrected chi connectivity index (χ3v) is 3.41. The minimum Gasteiger partial charge on any atom is -0.490 e. The first-order valence-electron chi connectivity index (χ1n) is 8.02. The number of allylic oxidation sites excluding steroid dienone is 2. The molecule has 2 rings (SSSR count). The molecule has 0 amide bonds. The average Bonchev–Trinajstić information content (AvgIpc) is 2.64. The molecule has 0 fully saturated rings. The third-order valence-electron chi connectivity index (χ3n) is 3.41. The molecule has 0 radical (unpaired) electrons. The quantitative estimate of drug-likeness (QED) is 0.316. The Morgan fingerprint density at radius 3 is 1.35 bits per heavy atom. The van der Waals surface area contributed by atoms with Crippen molar-refractivity contribution >= 4 is 11.7 Å². The van der Waals surface area contributed by atoms with Crippen molar-refractivity contribution in [1.82, 2.24) is 0 Å². The van der Waals surface area contributed by atoms with E-state index in [0.717, 1.165) is 11.5 Å². The van der Waals surface area contributed by atoms with E-state index >= 15 is 0 Å². The lowest BCUT2D eigenvalue weighted by Crippen LogP contribution is -2.10. The lowest BCUT2D eigenvalue weighted by molar-refractivity contribution is 0.361. The van der Waals surface area contributed by atoms with Crippen LogP contribution >= 0.6 is 0 Å². The third kappa shape index (κ3) is 6.16. The molecule has 0 spiro atoms. The molecule has 6 nitrogen and oxygen atoms in total. The monoisotopic (exact) mass is 350 g/mol. The lowest BCUT2D eigenvalue weighted by Gasteiger charge is -2.04. The Bertz CT molecular complexity index is 724. The minimum absolute atomic E-state index is 0.0404. The van der Waals surface area contributed by atoms with Crippen molar-refractivity contribution in [3.05, 3.63) is 84.0 Å². The summed E-state index contributed by atoms with van der Waals surface area (Å²) in [6, 6.07) is 14.1. The molecule has 0 heterocycles. The highest BCUT2D eigenvalue weighted by Crippen LogP contribution is 2.12. The molecule has 26 heavy (non-hydrogen) atoms. The van der Waals surface area contributed by atoms with E-state index in [9.17, 15) is 0 Å². The maximum atomic E-state index is 7.33. The minimum atomic E-state index is 0.0404. The van der Waals surface area contributed by atoms with Crippen LogP contribution in [0.25, 0.3) is 0 Å². The van der Waals surface area contributed by atoms with Gasteiger partial charge in [0.1, 0.15) is 36.4 Å². The smallest absolute Gasteiger partial charge is 0.122 e. The van der Waals surface area contributed by atoms with Crippen LogP contribution in [-0.2, 0) is 0 Å². The van der Waals surface area contributed by atoms with Crippen LogP contribution in [0.15, 0.2) is 72.8 Å². The molecule has 0 bridgehead atoms. The van der Waals surface area contributed by atoms with Crippen molar-refractivity contribution in [3.8, 4) is 11.5 Å². The fourth-order valence-corrected chi connectivity index (χ4v) is 2.02. The number of nitrogen functional groups attached to an aromatic ring is 2. The summed E-state index contributed by atoms with van der Waals surface area (Å²) in [6.07, 6.45) is 7.53. The number of benzene rings is 2. The van der Waals surface area contributed by atoms with E-state index in [1.54, 1.807) is 48.5 Å². The summed E-state index contributed by atoms with van der Waals surface area (Å²) < 4.78 is 11.1. The Morgan fingerprint density at radius 1 is 0.692 bits per heavy atom. The molecule has 2 aromatic carbocycles. The molecule has 6 N–H and O–H groups in total. The van der Waals surface area contributed by atoms with Gasteiger partial charge < -0.3 is 20.9 Å². The van der Waals surface area contributed by atoms with Crippen LogP contribution in [0.2, 0.25) is 0 Å². The summed E-state index contributed by atoms with van der Waals surface area (Å²) in [4.78, 5) is 0. The van der Waals surface area contributed by atoms with Crippen molar-refractivity contribution in [1.29, 1.82) is 10.8 Å². The molecule has 0 aliphatic carbocycles. The highest BCUT2D eigenvalue weighted by atomic mass is 16.5. The SMILES string of the molecule is N=C(N)c1ccc(OC/C=C/C=C/COc2ccc(C(=N)N)cc2)cc1. The molecule has 0 aliphatic heterocycles. The van der Waals surface area contributed by atoms with Crippen LogP contribution in [0.5, 0.6) is 11.5 Å². The van der Waals surface area contributed by atoms with Crippen LogP contribution in [0.1, 0.15) is 11.1 Å². The van der Waals surface area contributed by atoms with E-state index in [4.69, 9.17) is 31.8 Å². The lowest BCUT2D eigenvalue weighted by atomic mass is 10.2. The van der Waals surface area contributed by atoms with Gasteiger partial charge in [-0.1, -0.05) is 12.2 Å². The summed E-state index contributed by atoms with van der Waals surface area (Å²) in [6.45, 7) is 0.883. The molecule has 0 aliphatic rings. The van der Waals surface area contributed by atoms with Gasteiger partial charge >= 0.3 is 0 Å². The van der Waals surface area contributed by atoms with Gasteiger partial charge in [0.05, 0.1) is 0 Å². The zero-order valence-corrected chi connectivity index (χ0v) is 14.3. The number of nitrogens with one attached hydrogen (secondary N) is 2. The zero-order chi connectivity index (χ0) is 18.8. The standard InChI is InChI=1S/C20H22N4O2/c21-19(22)15-5-9-17(10-6-15)25-13-3-1-2-4-14-26-18-11-7-16(8-12-18)20(23)24/h1-12H,13-14H2,(H3,21,22)(H3,23,24)/b3-1+,4-2+. The van der Waals surface area contributed by atoms with Crippen molar-refractivity contribution in [2.24, 2.45) is 11.5 Å². The second-order valence-corrected chi connectivity index (χ2v) is 5.35. The Morgan fingerprint density at radius 2 is 1.04 bits per heavy atom. The molecule has 2 aromatic rings. The van der Waals surface area contributed by atoms with Crippen molar-refractivity contribution in [3.63, 3.8) is 0 Å². The molecule has 0 aromatic heterocycles. The molecule has 134 valence electrons. The summed E-state index contributed by atoms with van der Waals surface area (Å²) in [7, 11) is 0. The fraction of sp³-hybridized carbons (Fsp3) is 0.100. The van der Waals surface area contributed by atoms with E-state index in [1.165, 1.54) is 0 Å². The first-order valence-corrected chi connectivity index (χ1v) is 8.02. The molecule has 6 heteroatoms. The van der Waals surface area contributed by atoms with Crippen molar-refractivity contribution in [2.75, 3.05) is 13.2 Å². The molecular weight excluding hydrogens is 328 g/mol. The number of rotatable bonds is 9. The van der Waals surface area contributed by atoms with Crippen LogP contribution in [0.3, 0.4) is 0 Å². The molecule has 0 atom stereocenters. The second kappa shape index (κ2) is 9.68. The first kappa shape index (κ1) is 18.8. The van der Waals surface area contributed by atoms with Crippen LogP contribution in [0.4, 0.5) is 0 Å². The summed E-state index contributed by atoms with van der Waals surface area (Å²) in [5.41, 5.74) is 12.1. The number of nitrogens with two attached hydrogens (primary N) is 2. The van der Waals surface area contributed by atoms with Gasteiger partial charge in [-0.2, -0.15) is 0 Å². The maximum absolute atomic E-state index is 7.33. The zero-order valence-electron chi connectivity index (χ0n) is 14.3. The number of hydrogen-bond acceptors (Lipinski definition) is 4. The predicted molar refractivity (Wildman–Crippen MR) is 104 cm³/mol. The molecular formula is C20H22N4O2. The number of amidine groups is 2. The van der Waals surface area contributed by atoms with E-state index in [-0.39, 0.29) is 11.7 Å². The van der Waals surface area contributed by atoms with Gasteiger partial charge in [0.2, 0.25) is 0 Å². The van der Waals surface area contributed by atoms with Crippen molar-refractivity contribution in [2.45, 2.75) is 0 Å². The van der Waals surface area contributed by atoms with Crippen molar-refractivity contribution < 1.29 is 9.47 Å². The van der Waals surface area contributed by atoms with Gasteiger partial charge in [-0.25, -0.2) is 0 Å². The predicted octanol–water partition coefficient (Wildman–Crippen LogP) is 2.82. The normalized spacial score (nSPS) is 10.9. The Balaban J connectivity index is 1.66. The number of hydrogen-bond donors (Lipinski definition) is 4. The molecule has 0 unspecified atom stereocenters. The van der Waals surface area contributed by atoms with Gasteiger partial charge in [0.25, 0.3) is 0 Å². The summed E-state index contributed by atoms with van der Waals surface area (Å²) in [5, 5.41) is 14.7. The largest absolute Gasteiger partial charge is 0.490 e. The number of ether oxygens (including phenoxy) is 2. The highest BCUT2D eigenvalue weighted by molar-refractivity contribution is 5.95. The van der Waals surface area contributed by atoms with Gasteiger partial charge in [-0.05, 0) is 60.7 Å². The van der Waals surface area contributed by atoms with Crippen LogP contribution in [0, 0.1) is 10.8 Å². The van der Waals surface area contributed by atoms with Gasteiger partial charge in [-0.3, -0.25) is 10.8 Å². The van der Waals surface area contributed by atoms with E-state index in [1.807, 2.05) is 24.3 Å². The van der Waals surface area contributed by atoms with Crippen LogP contribution in [-0.4, -0.2) is 24.9 Å². The van der Waals surface area contributed by atoms with E-state index < -0.39 is 0 Å². The average molecular weight is 350 g/mol. The Hall–Kier alpha value is -3.54. The fourth-order valence-electron chi connectivity index (χ4n) is 2.02. The van der Waals surface area contributed by atoms with Crippen LogP contribution < -0.4 is 20.9 Å². The molecule has 0 saturated carbocycles. The van der Waals surface area contributed by atoms with E-state index in [0.29, 0.717) is 24.3 Å². The summed E-state index contributed by atoms with van der Waals surface area (Å²) >= 11 is 0. The molecule has 0 saturated heterocycles. The van der Waals surface area contributed by atoms with Gasteiger partial charge in [-0.15, -0.1) is 0 Å². The Kier molecular flexibility index (Phi) is 7.00.